The molecule has 0 aromatic carbocycles. The molecule has 0 aliphatic carbocycles. The fraction of sp³-hybridized carbons (Fsp3) is 0.768. The fourth-order valence-corrected chi connectivity index (χ4v) is 7.27. The van der Waals surface area contributed by atoms with Gasteiger partial charge in [0, 0.05) is 19.3 Å². The van der Waals surface area contributed by atoms with Crippen molar-refractivity contribution in [3.8, 4) is 0 Å². The Labute approximate surface area is 383 Å². The molecule has 358 valence electrons. The summed E-state index contributed by atoms with van der Waals surface area (Å²) in [7, 11) is 0. The lowest BCUT2D eigenvalue weighted by Gasteiger charge is -2.18. The number of hydrogen-bond donors (Lipinski definition) is 0. The Balaban J connectivity index is 4.38. The molecule has 0 aromatic heterocycles. The summed E-state index contributed by atoms with van der Waals surface area (Å²) in [5, 5.41) is 0. The van der Waals surface area contributed by atoms with E-state index >= 15 is 0 Å². The maximum Gasteiger partial charge on any atom is 0.306 e. The van der Waals surface area contributed by atoms with Crippen molar-refractivity contribution in [3.05, 3.63) is 60.8 Å². The minimum Gasteiger partial charge on any atom is -0.462 e. The zero-order chi connectivity index (χ0) is 45.1. The van der Waals surface area contributed by atoms with E-state index in [4.69, 9.17) is 14.2 Å². The van der Waals surface area contributed by atoms with Crippen molar-refractivity contribution in [1.82, 2.24) is 0 Å². The molecule has 0 saturated carbocycles. The van der Waals surface area contributed by atoms with E-state index in [0.29, 0.717) is 25.7 Å². The summed E-state index contributed by atoms with van der Waals surface area (Å²) < 4.78 is 16.7. The van der Waals surface area contributed by atoms with E-state index in [-0.39, 0.29) is 31.1 Å². The number of carbonyl (C=O) groups is 3. The summed E-state index contributed by atoms with van der Waals surface area (Å²) in [4.78, 5) is 37.9. The third-order valence-corrected chi connectivity index (χ3v) is 11.3. The molecule has 0 fully saturated rings. The molecule has 0 saturated heterocycles. The highest BCUT2D eigenvalue weighted by molar-refractivity contribution is 5.71. The van der Waals surface area contributed by atoms with Gasteiger partial charge in [0.15, 0.2) is 6.10 Å². The van der Waals surface area contributed by atoms with Crippen LogP contribution >= 0.6 is 0 Å². The molecule has 0 spiro atoms. The Morgan fingerprint density at radius 2 is 0.613 bits per heavy atom. The number of esters is 3. The zero-order valence-corrected chi connectivity index (χ0v) is 40.9. The number of rotatable bonds is 47. The molecule has 6 nitrogen and oxygen atoms in total. The lowest BCUT2D eigenvalue weighted by Crippen LogP contribution is -2.30. The van der Waals surface area contributed by atoms with Crippen LogP contribution in [0.25, 0.3) is 0 Å². The minimum absolute atomic E-state index is 0.0948. The monoisotopic (exact) mass is 867 g/mol. The molecule has 0 aliphatic rings. The lowest BCUT2D eigenvalue weighted by atomic mass is 10.1. The van der Waals surface area contributed by atoms with E-state index in [0.717, 1.165) is 70.6 Å². The molecule has 0 rings (SSSR count). The van der Waals surface area contributed by atoms with E-state index in [1.54, 1.807) is 0 Å². The van der Waals surface area contributed by atoms with Crippen molar-refractivity contribution >= 4 is 17.9 Å². The largest absolute Gasteiger partial charge is 0.462 e. The number of hydrogen-bond acceptors (Lipinski definition) is 6. The summed E-state index contributed by atoms with van der Waals surface area (Å²) in [6.07, 6.45) is 62.1. The van der Waals surface area contributed by atoms with Gasteiger partial charge in [-0.3, -0.25) is 14.4 Å². The van der Waals surface area contributed by atoms with Gasteiger partial charge in [-0.25, -0.2) is 0 Å². The minimum atomic E-state index is -0.794. The van der Waals surface area contributed by atoms with Gasteiger partial charge in [-0.15, -0.1) is 0 Å². The molecule has 0 heterocycles. The third kappa shape index (κ3) is 48.1. The van der Waals surface area contributed by atoms with Crippen molar-refractivity contribution in [1.29, 1.82) is 0 Å². The Morgan fingerprint density at radius 3 is 1.02 bits per heavy atom. The van der Waals surface area contributed by atoms with Crippen LogP contribution in [0.2, 0.25) is 0 Å². The molecule has 0 bridgehead atoms. The standard InChI is InChI=1S/C56H98O6/c1-4-7-10-13-16-19-21-23-25-27-29-30-32-34-37-40-43-46-49-55(58)61-52-53(51-60-54(57)48-45-42-39-36-18-15-12-9-6-3)62-56(59)50-47-44-41-38-35-33-31-28-26-24-22-20-17-14-11-8-5-2/h21,23-27,29-30,36,39,53H,4-20,22,28,31-35,37-38,40-52H2,1-3H3/b23-21-,26-24-,27-25-,30-29-,39-36-. The number of ether oxygens (including phenoxy) is 3. The Morgan fingerprint density at radius 1 is 0.323 bits per heavy atom. The van der Waals surface area contributed by atoms with Crippen molar-refractivity contribution in [2.24, 2.45) is 0 Å². The number of unbranched alkanes of at least 4 members (excludes halogenated alkanes) is 28. The van der Waals surface area contributed by atoms with Crippen LogP contribution in [0.1, 0.15) is 258 Å². The molecule has 0 aliphatic heterocycles. The van der Waals surface area contributed by atoms with Crippen molar-refractivity contribution in [2.75, 3.05) is 13.2 Å². The van der Waals surface area contributed by atoms with Gasteiger partial charge in [0.1, 0.15) is 13.2 Å². The molecule has 0 radical (unpaired) electrons. The first-order valence-corrected chi connectivity index (χ1v) is 26.3. The van der Waals surface area contributed by atoms with E-state index in [1.807, 2.05) is 0 Å². The number of carbonyl (C=O) groups excluding carboxylic acids is 3. The Hall–Kier alpha value is -2.89. The molecule has 0 amide bonds. The van der Waals surface area contributed by atoms with E-state index in [2.05, 4.69) is 81.5 Å². The highest BCUT2D eigenvalue weighted by Gasteiger charge is 2.19. The molecule has 0 N–H and O–H groups in total. The summed E-state index contributed by atoms with van der Waals surface area (Å²) in [6, 6.07) is 0. The van der Waals surface area contributed by atoms with Crippen LogP contribution in [-0.4, -0.2) is 37.2 Å². The first-order valence-electron chi connectivity index (χ1n) is 26.3. The van der Waals surface area contributed by atoms with Gasteiger partial charge in [-0.2, -0.15) is 0 Å². The highest BCUT2D eigenvalue weighted by Crippen LogP contribution is 2.14. The molecule has 6 heteroatoms. The second-order valence-corrected chi connectivity index (χ2v) is 17.5. The maximum absolute atomic E-state index is 12.8. The zero-order valence-electron chi connectivity index (χ0n) is 40.9. The van der Waals surface area contributed by atoms with E-state index < -0.39 is 6.10 Å². The first kappa shape index (κ1) is 59.1. The summed E-state index contributed by atoms with van der Waals surface area (Å²) in [5.41, 5.74) is 0. The summed E-state index contributed by atoms with van der Waals surface area (Å²) in [6.45, 7) is 6.54. The summed E-state index contributed by atoms with van der Waals surface area (Å²) >= 11 is 0. The molecule has 1 unspecified atom stereocenters. The quantitative estimate of drug-likeness (QED) is 0.0199. The second kappa shape index (κ2) is 50.8. The van der Waals surface area contributed by atoms with Crippen LogP contribution in [-0.2, 0) is 28.6 Å². The van der Waals surface area contributed by atoms with Crippen LogP contribution in [0.5, 0.6) is 0 Å². The molecular formula is C56H98O6. The smallest absolute Gasteiger partial charge is 0.306 e. The molecular weight excluding hydrogens is 769 g/mol. The first-order chi connectivity index (χ1) is 30.5. The Kier molecular flexibility index (Phi) is 48.4. The lowest BCUT2D eigenvalue weighted by molar-refractivity contribution is -0.167. The van der Waals surface area contributed by atoms with Gasteiger partial charge < -0.3 is 14.2 Å². The van der Waals surface area contributed by atoms with Gasteiger partial charge in [0.05, 0.1) is 0 Å². The second-order valence-electron chi connectivity index (χ2n) is 17.5. The van der Waals surface area contributed by atoms with E-state index in [1.165, 1.54) is 141 Å². The normalized spacial score (nSPS) is 12.5. The van der Waals surface area contributed by atoms with Gasteiger partial charge in [0.2, 0.25) is 0 Å². The SMILES string of the molecule is CCCCCC/C=C\CCCC(=O)OCC(COC(=O)CCCCCCC\C=C/C=C\C=C/CCCCCCC)OC(=O)CCCCCCCCC/C=C\CCCCCCCC. The van der Waals surface area contributed by atoms with Gasteiger partial charge in [-0.05, 0) is 89.9 Å². The van der Waals surface area contributed by atoms with Crippen molar-refractivity contribution in [3.63, 3.8) is 0 Å². The molecule has 1 atom stereocenters. The van der Waals surface area contributed by atoms with Crippen LogP contribution in [0.15, 0.2) is 60.8 Å². The summed E-state index contributed by atoms with van der Waals surface area (Å²) in [5.74, 6) is -0.950. The number of allylic oxidation sites excluding steroid dienone is 10. The third-order valence-electron chi connectivity index (χ3n) is 11.3. The molecule has 0 aromatic rings. The average molecular weight is 867 g/mol. The molecule has 62 heavy (non-hydrogen) atoms. The average Bonchev–Trinajstić information content (AvgIpc) is 3.27. The van der Waals surface area contributed by atoms with Gasteiger partial charge in [0.25, 0.3) is 0 Å². The fourth-order valence-electron chi connectivity index (χ4n) is 7.27. The predicted octanol–water partition coefficient (Wildman–Crippen LogP) is 17.3. The van der Waals surface area contributed by atoms with Crippen LogP contribution in [0.3, 0.4) is 0 Å². The van der Waals surface area contributed by atoms with Crippen LogP contribution in [0.4, 0.5) is 0 Å². The van der Waals surface area contributed by atoms with E-state index in [9.17, 15) is 14.4 Å². The van der Waals surface area contributed by atoms with Crippen molar-refractivity contribution in [2.45, 2.75) is 264 Å². The highest BCUT2D eigenvalue weighted by atomic mass is 16.6. The maximum atomic E-state index is 12.8. The Bertz CT molecular complexity index is 1130. The van der Waals surface area contributed by atoms with Gasteiger partial charge >= 0.3 is 17.9 Å². The topological polar surface area (TPSA) is 78.9 Å². The van der Waals surface area contributed by atoms with Crippen LogP contribution < -0.4 is 0 Å². The van der Waals surface area contributed by atoms with Gasteiger partial charge in [-0.1, -0.05) is 210 Å². The predicted molar refractivity (Wildman–Crippen MR) is 265 cm³/mol. The van der Waals surface area contributed by atoms with Crippen LogP contribution in [0, 0.1) is 0 Å². The van der Waals surface area contributed by atoms with Crippen molar-refractivity contribution < 1.29 is 28.6 Å².